The zero-order chi connectivity index (χ0) is 29.9. The predicted octanol–water partition coefficient (Wildman–Crippen LogP) is 7.36. The summed E-state index contributed by atoms with van der Waals surface area (Å²) in [5, 5.41) is 1.09. The van der Waals surface area contributed by atoms with E-state index in [9.17, 15) is 14.4 Å². The van der Waals surface area contributed by atoms with Crippen molar-refractivity contribution in [2.75, 3.05) is 0 Å². The van der Waals surface area contributed by atoms with Crippen LogP contribution in [0.25, 0.3) is 16.9 Å². The van der Waals surface area contributed by atoms with E-state index in [1.54, 1.807) is 18.5 Å². The van der Waals surface area contributed by atoms with Gasteiger partial charge in [-0.3, -0.25) is 19.0 Å². The molecular formula is C37H45N3O3. The average Bonchev–Trinajstić information content (AvgIpc) is 3.54. The van der Waals surface area contributed by atoms with Crippen LogP contribution in [0.1, 0.15) is 90.7 Å². The molecule has 4 saturated carbocycles. The number of hydrogen-bond donors (Lipinski definition) is 0. The van der Waals surface area contributed by atoms with E-state index in [1.807, 2.05) is 16.7 Å². The molecule has 1 aromatic carbocycles. The number of benzene rings is 1. The molecule has 0 saturated heterocycles. The summed E-state index contributed by atoms with van der Waals surface area (Å²) >= 11 is 0. The van der Waals surface area contributed by atoms with Gasteiger partial charge >= 0.3 is 0 Å². The Bertz CT molecular complexity index is 1560. The van der Waals surface area contributed by atoms with Crippen molar-refractivity contribution >= 4 is 28.3 Å². The van der Waals surface area contributed by atoms with Crippen molar-refractivity contribution in [3.63, 3.8) is 0 Å². The number of rotatable bonds is 7. The highest BCUT2D eigenvalue weighted by Crippen LogP contribution is 2.67. The van der Waals surface area contributed by atoms with Crippen LogP contribution < -0.4 is 0 Å². The molecule has 7 rings (SSSR count). The molecule has 4 fully saturated rings. The minimum atomic E-state index is 0.136. The van der Waals surface area contributed by atoms with Crippen molar-refractivity contribution in [3.05, 3.63) is 54.5 Å². The topological polar surface area (TPSA) is 81.9 Å². The van der Waals surface area contributed by atoms with Crippen LogP contribution in [0.3, 0.4) is 0 Å². The van der Waals surface area contributed by atoms with Gasteiger partial charge in [0.1, 0.15) is 17.3 Å². The fourth-order valence-electron chi connectivity index (χ4n) is 10.6. The minimum Gasteiger partial charge on any atom is -0.300 e. The van der Waals surface area contributed by atoms with Crippen LogP contribution in [0.15, 0.2) is 48.8 Å². The number of aromatic nitrogens is 3. The first kappa shape index (κ1) is 28.6. The van der Waals surface area contributed by atoms with Crippen molar-refractivity contribution < 1.29 is 14.4 Å². The van der Waals surface area contributed by atoms with E-state index < -0.39 is 0 Å². The van der Waals surface area contributed by atoms with Gasteiger partial charge in [-0.1, -0.05) is 39.0 Å². The molecule has 0 aliphatic heterocycles. The van der Waals surface area contributed by atoms with Crippen LogP contribution >= 0.6 is 0 Å². The molecule has 2 heterocycles. The van der Waals surface area contributed by atoms with Gasteiger partial charge in [-0.25, -0.2) is 9.97 Å². The zero-order valence-electron chi connectivity index (χ0n) is 25.9. The molecule has 0 radical (unpaired) electrons. The van der Waals surface area contributed by atoms with Gasteiger partial charge in [0.25, 0.3) is 0 Å². The third-order valence-corrected chi connectivity index (χ3v) is 12.8. The van der Waals surface area contributed by atoms with Gasteiger partial charge in [-0.05, 0) is 97.1 Å². The van der Waals surface area contributed by atoms with E-state index in [-0.39, 0.29) is 28.4 Å². The second kappa shape index (κ2) is 10.8. The summed E-state index contributed by atoms with van der Waals surface area (Å²) < 4.78 is 2.02. The first-order valence-electron chi connectivity index (χ1n) is 16.6. The average molecular weight is 580 g/mol. The molecular weight excluding hydrogens is 534 g/mol. The maximum absolute atomic E-state index is 13.7. The monoisotopic (exact) mass is 579 g/mol. The molecule has 226 valence electrons. The van der Waals surface area contributed by atoms with Gasteiger partial charge in [0.05, 0.1) is 5.52 Å². The number of fused-ring (bicyclic) bond motifs is 6. The van der Waals surface area contributed by atoms with Crippen molar-refractivity contribution in [3.8, 4) is 5.95 Å². The summed E-state index contributed by atoms with van der Waals surface area (Å²) in [5.74, 6) is 3.92. The Labute approximate surface area is 255 Å². The number of carbonyl (C=O) groups excluding carboxylic acids is 3. The maximum atomic E-state index is 13.7. The molecule has 0 N–H and O–H groups in total. The van der Waals surface area contributed by atoms with Crippen molar-refractivity contribution in [2.24, 2.45) is 46.3 Å². The lowest BCUT2D eigenvalue weighted by Gasteiger charge is -2.59. The summed E-state index contributed by atoms with van der Waals surface area (Å²) in [6.45, 7) is 7.22. The molecule has 4 aliphatic carbocycles. The van der Waals surface area contributed by atoms with Crippen LogP contribution in [0, 0.1) is 46.3 Å². The second-order valence-electron chi connectivity index (χ2n) is 14.9. The summed E-state index contributed by atoms with van der Waals surface area (Å²) in [4.78, 5) is 48.4. The molecule has 0 amide bonds. The number of hydrogen-bond acceptors (Lipinski definition) is 5. The van der Waals surface area contributed by atoms with Crippen LogP contribution in [0.2, 0.25) is 0 Å². The van der Waals surface area contributed by atoms with Crippen molar-refractivity contribution in [1.82, 2.24) is 14.5 Å². The highest BCUT2D eigenvalue weighted by molar-refractivity contribution is 5.87. The minimum absolute atomic E-state index is 0.136. The van der Waals surface area contributed by atoms with Crippen LogP contribution in [0.4, 0.5) is 0 Å². The second-order valence-corrected chi connectivity index (χ2v) is 14.9. The van der Waals surface area contributed by atoms with Gasteiger partial charge in [0.15, 0.2) is 0 Å². The summed E-state index contributed by atoms with van der Waals surface area (Å²) in [7, 11) is 0. The summed E-state index contributed by atoms with van der Waals surface area (Å²) in [5.41, 5.74) is 2.24. The van der Waals surface area contributed by atoms with E-state index in [4.69, 9.17) is 0 Å². The van der Waals surface area contributed by atoms with Gasteiger partial charge in [0.2, 0.25) is 5.95 Å². The molecule has 8 atom stereocenters. The van der Waals surface area contributed by atoms with Gasteiger partial charge in [0, 0.05) is 61.5 Å². The molecule has 4 aliphatic rings. The molecule has 0 bridgehead atoms. The molecule has 43 heavy (non-hydrogen) atoms. The molecule has 6 heteroatoms. The molecule has 3 aromatic rings. The Morgan fingerprint density at radius 1 is 0.977 bits per heavy atom. The lowest BCUT2D eigenvalue weighted by atomic mass is 9.44. The van der Waals surface area contributed by atoms with Gasteiger partial charge in [-0.15, -0.1) is 0 Å². The number of ketones is 3. The third kappa shape index (κ3) is 4.71. The fourth-order valence-corrected chi connectivity index (χ4v) is 10.6. The Balaban J connectivity index is 1.04. The Morgan fingerprint density at radius 2 is 1.74 bits per heavy atom. The van der Waals surface area contributed by atoms with E-state index in [2.05, 4.69) is 48.9 Å². The predicted molar refractivity (Wildman–Crippen MR) is 167 cm³/mol. The van der Waals surface area contributed by atoms with E-state index >= 15 is 0 Å². The number of Topliss-reactive ketones (excluding diaryl/α,β-unsaturated/α-hetero) is 3. The summed E-state index contributed by atoms with van der Waals surface area (Å²) in [6, 6.07) is 12.1. The highest BCUT2D eigenvalue weighted by Gasteiger charge is 2.63. The third-order valence-electron chi connectivity index (χ3n) is 12.8. The van der Waals surface area contributed by atoms with Gasteiger partial charge < -0.3 is 0 Å². The summed E-state index contributed by atoms with van der Waals surface area (Å²) in [6.07, 6.45) is 12.7. The van der Waals surface area contributed by atoms with Crippen molar-refractivity contribution in [1.29, 1.82) is 0 Å². The Morgan fingerprint density at radius 3 is 2.56 bits per heavy atom. The lowest BCUT2D eigenvalue weighted by molar-refractivity contribution is -0.159. The number of para-hydroxylation sites is 1. The number of nitrogens with zero attached hydrogens (tertiary/aromatic N) is 3. The smallest absolute Gasteiger partial charge is 0.234 e. The molecule has 2 aromatic heterocycles. The zero-order valence-corrected chi connectivity index (χ0v) is 25.9. The maximum Gasteiger partial charge on any atom is 0.234 e. The van der Waals surface area contributed by atoms with E-state index in [0.717, 1.165) is 48.7 Å². The van der Waals surface area contributed by atoms with E-state index in [1.165, 1.54) is 6.42 Å². The first-order valence-corrected chi connectivity index (χ1v) is 16.6. The molecule has 6 nitrogen and oxygen atoms in total. The normalized spacial score (nSPS) is 34.4. The van der Waals surface area contributed by atoms with Crippen LogP contribution in [-0.4, -0.2) is 31.9 Å². The largest absolute Gasteiger partial charge is 0.300 e. The fraction of sp³-hybridized carbons (Fsp3) is 0.595. The Kier molecular flexibility index (Phi) is 7.17. The number of carbonyl (C=O) groups is 3. The lowest BCUT2D eigenvalue weighted by Crippen LogP contribution is -2.57. The van der Waals surface area contributed by atoms with E-state index in [0.29, 0.717) is 73.3 Å². The van der Waals surface area contributed by atoms with Gasteiger partial charge in [-0.2, -0.15) is 0 Å². The van der Waals surface area contributed by atoms with Crippen molar-refractivity contribution in [2.45, 2.75) is 91.4 Å². The Hall–Kier alpha value is -3.15. The highest BCUT2D eigenvalue weighted by atomic mass is 16.1. The van der Waals surface area contributed by atoms with Crippen LogP contribution in [0.5, 0.6) is 0 Å². The molecule has 0 spiro atoms. The standard InChI is InChI=1S/C37H45N3O3/c1-23(9-10-27(41)22-26-19-24-7-4-5-8-32(24)40(26)35-38-17-6-18-39-35)29-11-12-30-34-31(14-16-37(29,30)3)36(2)15-13-28(42)20-25(36)21-33(34)43/h4-8,17-19,23,25,29-31,34H,9-16,20-22H2,1-3H3/t23-,25-,29?,30-,31-,34-,36-,37+/m0/s1. The molecule has 1 unspecified atom stereocenters. The SMILES string of the molecule is C[C@@H](CCC(=O)Cc1cc2ccccc2n1-c1ncccn1)C1CC[C@H]2[C@@H]3C(=O)C[C@@H]4CC(=O)CC[C@]4(C)[C@H]3CC[C@]12C. The van der Waals surface area contributed by atoms with Crippen LogP contribution in [-0.2, 0) is 20.8 Å². The first-order chi connectivity index (χ1) is 20.7. The quantitative estimate of drug-likeness (QED) is 0.292.